The van der Waals surface area contributed by atoms with Gasteiger partial charge < -0.3 is 28.4 Å². The molecule has 0 amide bonds. The molecule has 12 aliphatic carbocycles. The van der Waals surface area contributed by atoms with Gasteiger partial charge >= 0.3 is 0 Å². The minimum absolute atomic E-state index is 0.285. The summed E-state index contributed by atoms with van der Waals surface area (Å²) in [6, 6.07) is 7.22. The summed E-state index contributed by atoms with van der Waals surface area (Å²) in [5, 5.41) is 0. The molecule has 0 aromatic rings. The Morgan fingerprint density at radius 3 is 0.556 bits per heavy atom. The lowest BCUT2D eigenvalue weighted by Crippen LogP contribution is -2.76. The average molecular weight is 1760 g/mol. The highest BCUT2D eigenvalue weighted by Crippen LogP contribution is 2.66. The Bertz CT molecular complexity index is 2510. The van der Waals surface area contributed by atoms with Crippen LogP contribution in [0, 0.1) is 59.2 Å². The average Bonchev–Trinajstić information content (AvgIpc) is 0.688. The molecule has 10 heteroatoms. The van der Waals surface area contributed by atoms with E-state index in [9.17, 15) is 0 Å². The second-order valence-corrected chi connectivity index (χ2v) is 46.9. The summed E-state index contributed by atoms with van der Waals surface area (Å²) in [7, 11) is 0. The van der Waals surface area contributed by atoms with Crippen LogP contribution >= 0.6 is 0 Å². The third-order valence-corrected chi connectivity index (χ3v) is 37.5. The number of rotatable bonds is 60. The van der Waals surface area contributed by atoms with Gasteiger partial charge in [0.05, 0.1) is 36.6 Å². The summed E-state index contributed by atoms with van der Waals surface area (Å²) in [6.45, 7) is 30.7. The van der Waals surface area contributed by atoms with E-state index in [1.54, 1.807) is 0 Å². The van der Waals surface area contributed by atoms with Crippen LogP contribution in [0.5, 0.6) is 0 Å². The molecule has 10 nitrogen and oxygen atoms in total. The van der Waals surface area contributed by atoms with E-state index in [0.717, 1.165) is 63.3 Å². The molecule has 126 heavy (non-hydrogen) atoms. The highest BCUT2D eigenvalue weighted by Gasteiger charge is 2.69. The predicted octanol–water partition coefficient (Wildman–Crippen LogP) is 31.5. The van der Waals surface area contributed by atoms with Gasteiger partial charge in [-0.3, -0.25) is 19.6 Å². The number of hydrogen-bond acceptors (Lipinski definition) is 10. The molecule has 12 aliphatic rings. The van der Waals surface area contributed by atoms with Crippen LogP contribution in [0.25, 0.3) is 0 Å². The summed E-state index contributed by atoms with van der Waals surface area (Å²) < 4.78 is 45.7. The van der Waals surface area contributed by atoms with Gasteiger partial charge in [-0.15, -0.1) is 0 Å². The fourth-order valence-electron chi connectivity index (χ4n) is 30.3. The molecule has 0 aromatic carbocycles. The largest absolute Gasteiger partial charge is 0.378 e. The minimum Gasteiger partial charge on any atom is -0.378 e. The van der Waals surface area contributed by atoms with E-state index in [4.69, 9.17) is 28.4 Å². The molecule has 0 aliphatic heterocycles. The molecule has 0 aromatic heterocycles. The molecule has 12 saturated carbocycles. The summed E-state index contributed by atoms with van der Waals surface area (Å²) in [5.74, 6) is 6.76. The third-order valence-electron chi connectivity index (χ3n) is 37.5. The molecule has 0 radical (unpaired) electrons. The Kier molecular flexibility index (Phi) is 48.9. The topological polar surface area (TPSA) is 68.3 Å². The van der Waals surface area contributed by atoms with Crippen LogP contribution in [0.15, 0.2) is 0 Å². The van der Waals surface area contributed by atoms with Crippen molar-refractivity contribution in [2.45, 2.75) is 641 Å². The highest BCUT2D eigenvalue weighted by atomic mass is 16.5. The van der Waals surface area contributed by atoms with Crippen LogP contribution in [0.4, 0.5) is 0 Å². The van der Waals surface area contributed by atoms with Crippen LogP contribution in [-0.4, -0.2) is 168 Å². The molecular weight excluding hydrogens is 1550 g/mol. The Labute approximate surface area is 782 Å². The Morgan fingerprint density at radius 2 is 0.349 bits per heavy atom. The van der Waals surface area contributed by atoms with E-state index in [1.807, 2.05) is 0 Å². The zero-order valence-corrected chi connectivity index (χ0v) is 85.6. The van der Waals surface area contributed by atoms with Gasteiger partial charge in [0.1, 0.15) is 0 Å². The van der Waals surface area contributed by atoms with Crippen LogP contribution < -0.4 is 0 Å². The van der Waals surface area contributed by atoms with Crippen LogP contribution in [0.3, 0.4) is 0 Å². The van der Waals surface area contributed by atoms with E-state index in [2.05, 4.69) is 88.8 Å². The van der Waals surface area contributed by atoms with Crippen molar-refractivity contribution in [3.63, 3.8) is 0 Å². The van der Waals surface area contributed by atoms with Gasteiger partial charge in [0.2, 0.25) is 0 Å². The lowest BCUT2D eigenvalue weighted by Gasteiger charge is -2.71. The van der Waals surface area contributed by atoms with Crippen LogP contribution in [0.1, 0.15) is 532 Å². The zero-order valence-electron chi connectivity index (χ0n) is 85.6. The second kappa shape index (κ2) is 59.0. The van der Waals surface area contributed by atoms with E-state index in [1.165, 1.54) is 462 Å². The lowest BCUT2D eigenvalue weighted by atomic mass is 9.43. The van der Waals surface area contributed by atoms with Crippen molar-refractivity contribution in [3.8, 4) is 0 Å². The minimum atomic E-state index is 0.285. The molecule has 12 unspecified atom stereocenters. The molecule has 12 rings (SSSR count). The van der Waals surface area contributed by atoms with Gasteiger partial charge in [-0.1, -0.05) is 262 Å². The first-order valence-electron chi connectivity index (χ1n) is 58.8. The quantitative estimate of drug-likeness (QED) is 0.0550. The maximum atomic E-state index is 8.55. The van der Waals surface area contributed by atoms with Gasteiger partial charge in [0, 0.05) is 124 Å². The smallest absolute Gasteiger partial charge is 0.0624 e. The van der Waals surface area contributed by atoms with Crippen molar-refractivity contribution in [2.24, 2.45) is 59.2 Å². The van der Waals surface area contributed by atoms with E-state index >= 15 is 0 Å². The third kappa shape index (κ3) is 31.8. The van der Waals surface area contributed by atoms with E-state index < -0.39 is 0 Å². The first-order chi connectivity index (χ1) is 62.0. The molecule has 12 fully saturated rings. The van der Waals surface area contributed by atoms with Crippen molar-refractivity contribution in [1.29, 1.82) is 0 Å². The predicted molar refractivity (Wildman–Crippen MR) is 535 cm³/mol. The zero-order chi connectivity index (χ0) is 87.9. The van der Waals surface area contributed by atoms with E-state index in [-0.39, 0.29) is 12.2 Å². The maximum Gasteiger partial charge on any atom is 0.0624 e. The molecule has 734 valence electrons. The lowest BCUT2D eigenvalue weighted by molar-refractivity contribution is -0.253. The van der Waals surface area contributed by atoms with Gasteiger partial charge in [-0.25, -0.2) is 0 Å². The van der Waals surface area contributed by atoms with Crippen LogP contribution in [0.2, 0.25) is 0 Å². The summed E-state index contributed by atoms with van der Waals surface area (Å²) in [6.07, 6.45) is 98.7. The van der Waals surface area contributed by atoms with Gasteiger partial charge in [0.25, 0.3) is 0 Å². The van der Waals surface area contributed by atoms with Gasteiger partial charge in [-0.2, -0.15) is 0 Å². The van der Waals surface area contributed by atoms with Crippen molar-refractivity contribution in [3.05, 3.63) is 0 Å². The standard InChI is InChI=1S/C116H214N4O6/c1-11-17-23-29-35-41-79-121-101-71-63-97(64-72-101)117(93-55-47-89(7)48-56-93)107-87-109(119(95-59-51-91(9)52-60-95)99-67-75-103(76-68-99)123-81-43-37-31-25-19-13-3)115-112(126-84-46-40-34-28-22-16-6)86-106-108(118(94-57-49-90(8)50-58-94)98-65-73-102(74-66-98)122-80-42-36-30-24-18-12-2)88-110(116-111(85-105(107)113(115)114(106)116)125-83-45-39-33-27-21-15-5)120(96-61-53-92(10)54-62-96)100-69-77-104(78-70-100)124-82-44-38-32-26-20-14-4/h89-116H,11-88H2,1-10H3. The molecular formula is C116H214N4O6. The molecule has 0 N–H and O–H groups in total. The Balaban J connectivity index is 1.02. The van der Waals surface area contributed by atoms with Crippen LogP contribution in [-0.2, 0) is 28.4 Å². The maximum absolute atomic E-state index is 8.55. The number of ether oxygens (including phenoxy) is 6. The van der Waals surface area contributed by atoms with Gasteiger partial charge in [-0.05, 0) is 317 Å². The summed E-state index contributed by atoms with van der Waals surface area (Å²) in [4.78, 5) is 14.3. The number of unbranched alkanes of at least 4 members (excludes halogenated alkanes) is 30. The van der Waals surface area contributed by atoms with Crippen molar-refractivity contribution in [1.82, 2.24) is 19.6 Å². The second-order valence-electron chi connectivity index (χ2n) is 46.9. The normalized spacial score (nSPS) is 36.5. The Hall–Kier alpha value is -0.400. The van der Waals surface area contributed by atoms with Crippen molar-refractivity contribution >= 4 is 0 Å². The fraction of sp³-hybridized carbons (Fsp3) is 1.00. The summed E-state index contributed by atoms with van der Waals surface area (Å²) >= 11 is 0. The molecule has 0 saturated heterocycles. The first-order valence-corrected chi connectivity index (χ1v) is 58.8. The number of nitrogens with zero attached hydrogens (tertiary/aromatic N) is 4. The molecule has 0 heterocycles. The fourth-order valence-corrected chi connectivity index (χ4v) is 30.3. The molecule has 12 atom stereocenters. The number of hydrogen-bond donors (Lipinski definition) is 0. The van der Waals surface area contributed by atoms with Crippen molar-refractivity contribution < 1.29 is 28.4 Å². The highest BCUT2D eigenvalue weighted by molar-refractivity contribution is 5.20. The van der Waals surface area contributed by atoms with E-state index in [0.29, 0.717) is 132 Å². The SMILES string of the molecule is CCCCCCCCOC1CCC(N(C2CCC(C)CC2)C2CC(N(C3CCC(C)CC3)C3CCC(OCCCCCCCC)CC3)C3C(OCCCCCCCC)CC4C5C3C2CC(OCCCCCCCC)C5C(N(C2CCC(C)CC2)C2CCC(OCCCCCCCC)CC2)CC4N(C2CCC(C)CC2)C2CCC(OCCCCCCCC)CC2)CC1. The van der Waals surface area contributed by atoms with Crippen molar-refractivity contribution in [2.75, 3.05) is 39.6 Å². The monoisotopic (exact) mass is 1760 g/mol. The summed E-state index contributed by atoms with van der Waals surface area (Å²) in [5.41, 5.74) is 0. The van der Waals surface area contributed by atoms with Gasteiger partial charge in [0.15, 0.2) is 0 Å². The first kappa shape index (κ1) is 105. The molecule has 0 bridgehead atoms. The Morgan fingerprint density at radius 1 is 0.175 bits per heavy atom. The molecule has 0 spiro atoms.